The lowest BCUT2D eigenvalue weighted by Crippen LogP contribution is -2.01. The summed E-state index contributed by atoms with van der Waals surface area (Å²) < 4.78 is 12.2. The van der Waals surface area contributed by atoms with E-state index in [1.165, 1.54) is 0 Å². The molecule has 0 fully saturated rings. The number of halogens is 1. The minimum atomic E-state index is 0.321. The molecule has 0 bridgehead atoms. The summed E-state index contributed by atoms with van der Waals surface area (Å²) in [4.78, 5) is 0. The molecule has 5 nitrogen and oxygen atoms in total. The zero-order valence-electron chi connectivity index (χ0n) is 10.5. The first kappa shape index (κ1) is 12.7. The van der Waals surface area contributed by atoms with Gasteiger partial charge < -0.3 is 9.47 Å². The normalized spacial score (nSPS) is 10.4. The van der Waals surface area contributed by atoms with Crippen molar-refractivity contribution in [2.75, 3.05) is 14.2 Å². The Balaban J connectivity index is 2.58. The maximum Gasteiger partial charge on any atom is 0.229 e. The molecule has 0 radical (unpaired) electrons. The SMILES string of the molecule is CCc1nnc(Cl)n1-c1cc(OC)cc(OC)c1. The van der Waals surface area contributed by atoms with E-state index in [-0.39, 0.29) is 0 Å². The third kappa shape index (κ3) is 2.26. The Labute approximate surface area is 110 Å². The zero-order valence-corrected chi connectivity index (χ0v) is 11.2. The number of aromatic nitrogens is 3. The van der Waals surface area contributed by atoms with E-state index in [1.54, 1.807) is 24.9 Å². The van der Waals surface area contributed by atoms with E-state index in [4.69, 9.17) is 21.1 Å². The van der Waals surface area contributed by atoms with Gasteiger partial charge in [-0.1, -0.05) is 6.92 Å². The number of hydrogen-bond acceptors (Lipinski definition) is 4. The summed E-state index contributed by atoms with van der Waals surface area (Å²) in [6.45, 7) is 1.99. The van der Waals surface area contributed by atoms with Crippen molar-refractivity contribution in [3.63, 3.8) is 0 Å². The van der Waals surface area contributed by atoms with Crippen LogP contribution in [0.3, 0.4) is 0 Å². The second-order valence-electron chi connectivity index (χ2n) is 3.65. The molecule has 6 heteroatoms. The highest BCUT2D eigenvalue weighted by molar-refractivity contribution is 6.28. The van der Waals surface area contributed by atoms with Crippen molar-refractivity contribution >= 4 is 11.6 Å². The van der Waals surface area contributed by atoms with Crippen LogP contribution in [0.25, 0.3) is 5.69 Å². The molecule has 0 aliphatic carbocycles. The number of rotatable bonds is 4. The predicted molar refractivity (Wildman–Crippen MR) is 68.9 cm³/mol. The highest BCUT2D eigenvalue weighted by atomic mass is 35.5. The van der Waals surface area contributed by atoms with Crippen LogP contribution in [-0.4, -0.2) is 29.0 Å². The van der Waals surface area contributed by atoms with Gasteiger partial charge >= 0.3 is 0 Å². The molecule has 0 unspecified atom stereocenters. The van der Waals surface area contributed by atoms with Crippen LogP contribution in [-0.2, 0) is 6.42 Å². The lowest BCUT2D eigenvalue weighted by molar-refractivity contribution is 0.394. The van der Waals surface area contributed by atoms with Crippen molar-refractivity contribution in [1.82, 2.24) is 14.8 Å². The summed E-state index contributed by atoms with van der Waals surface area (Å²) in [5.74, 6) is 2.17. The summed E-state index contributed by atoms with van der Waals surface area (Å²) >= 11 is 6.06. The third-order valence-corrected chi connectivity index (χ3v) is 2.85. The molecule has 2 aromatic rings. The highest BCUT2D eigenvalue weighted by Crippen LogP contribution is 2.27. The summed E-state index contributed by atoms with van der Waals surface area (Å²) in [5, 5.41) is 8.21. The molecule has 1 aromatic carbocycles. The van der Waals surface area contributed by atoms with Gasteiger partial charge in [-0.3, -0.25) is 4.57 Å². The third-order valence-electron chi connectivity index (χ3n) is 2.60. The number of aryl methyl sites for hydroxylation is 1. The molecular formula is C12H14ClN3O2. The van der Waals surface area contributed by atoms with E-state index in [2.05, 4.69) is 10.2 Å². The van der Waals surface area contributed by atoms with E-state index >= 15 is 0 Å². The molecule has 2 rings (SSSR count). The number of nitrogens with zero attached hydrogens (tertiary/aromatic N) is 3. The van der Waals surface area contributed by atoms with Gasteiger partial charge in [0.1, 0.15) is 17.3 Å². The number of benzene rings is 1. The number of ether oxygens (including phenoxy) is 2. The van der Waals surface area contributed by atoms with Crippen LogP contribution in [0.4, 0.5) is 0 Å². The van der Waals surface area contributed by atoms with Gasteiger partial charge in [0.15, 0.2) is 0 Å². The van der Waals surface area contributed by atoms with Gasteiger partial charge in [-0.05, 0) is 11.6 Å². The summed E-state index contributed by atoms with van der Waals surface area (Å²) in [7, 11) is 3.21. The van der Waals surface area contributed by atoms with Gasteiger partial charge in [-0.15, -0.1) is 10.2 Å². The fourth-order valence-electron chi connectivity index (χ4n) is 1.70. The predicted octanol–water partition coefficient (Wildman–Crippen LogP) is 2.50. The van der Waals surface area contributed by atoms with E-state index in [9.17, 15) is 0 Å². The van der Waals surface area contributed by atoms with Crippen LogP contribution in [0.5, 0.6) is 11.5 Å². The molecule has 18 heavy (non-hydrogen) atoms. The molecule has 0 amide bonds. The quantitative estimate of drug-likeness (QED) is 0.854. The molecule has 0 N–H and O–H groups in total. The Kier molecular flexibility index (Phi) is 3.72. The summed E-state index contributed by atoms with van der Waals surface area (Å²) in [6.07, 6.45) is 0.735. The van der Waals surface area contributed by atoms with Crippen molar-refractivity contribution in [3.05, 3.63) is 29.3 Å². The van der Waals surface area contributed by atoms with Crippen molar-refractivity contribution in [3.8, 4) is 17.2 Å². The molecule has 0 spiro atoms. The van der Waals surface area contributed by atoms with E-state index < -0.39 is 0 Å². The van der Waals surface area contributed by atoms with Crippen LogP contribution in [0.15, 0.2) is 18.2 Å². The molecule has 0 aliphatic rings. The maximum absolute atomic E-state index is 6.06. The molecule has 0 aliphatic heterocycles. The summed E-state index contributed by atoms with van der Waals surface area (Å²) in [6, 6.07) is 5.52. The van der Waals surface area contributed by atoms with Crippen molar-refractivity contribution < 1.29 is 9.47 Å². The van der Waals surface area contributed by atoms with Gasteiger partial charge in [0, 0.05) is 24.6 Å². The minimum absolute atomic E-state index is 0.321. The molecule has 0 atom stereocenters. The second-order valence-corrected chi connectivity index (χ2v) is 3.98. The average Bonchev–Trinajstić information content (AvgIpc) is 2.79. The van der Waals surface area contributed by atoms with E-state index in [0.717, 1.165) is 17.9 Å². The molecule has 0 saturated heterocycles. The van der Waals surface area contributed by atoms with Gasteiger partial charge in [0.05, 0.1) is 19.9 Å². The van der Waals surface area contributed by atoms with E-state index in [1.807, 2.05) is 19.1 Å². The Morgan fingerprint density at radius 3 is 2.22 bits per heavy atom. The van der Waals surface area contributed by atoms with Crippen molar-refractivity contribution in [2.45, 2.75) is 13.3 Å². The fourth-order valence-corrected chi connectivity index (χ4v) is 1.93. The fraction of sp³-hybridized carbons (Fsp3) is 0.333. The lowest BCUT2D eigenvalue weighted by Gasteiger charge is -2.11. The monoisotopic (exact) mass is 267 g/mol. The minimum Gasteiger partial charge on any atom is -0.497 e. The largest absolute Gasteiger partial charge is 0.497 e. The standard InChI is InChI=1S/C12H14ClN3O2/c1-4-11-14-15-12(13)16(11)8-5-9(17-2)7-10(6-8)18-3/h5-7H,4H2,1-3H3. The smallest absolute Gasteiger partial charge is 0.229 e. The van der Waals surface area contributed by atoms with Gasteiger partial charge in [-0.2, -0.15) is 0 Å². The van der Waals surface area contributed by atoms with E-state index in [0.29, 0.717) is 16.8 Å². The van der Waals surface area contributed by atoms with Crippen LogP contribution in [0.1, 0.15) is 12.7 Å². The highest BCUT2D eigenvalue weighted by Gasteiger charge is 2.12. The number of hydrogen-bond donors (Lipinski definition) is 0. The van der Waals surface area contributed by atoms with Crippen LogP contribution in [0.2, 0.25) is 5.28 Å². The maximum atomic E-state index is 6.06. The van der Waals surface area contributed by atoms with Gasteiger partial charge in [0.2, 0.25) is 5.28 Å². The van der Waals surface area contributed by atoms with Crippen LogP contribution < -0.4 is 9.47 Å². The Morgan fingerprint density at radius 1 is 1.11 bits per heavy atom. The molecule has 1 aromatic heterocycles. The first-order valence-corrected chi connectivity index (χ1v) is 5.90. The van der Waals surface area contributed by atoms with Gasteiger partial charge in [0.25, 0.3) is 0 Å². The Hall–Kier alpha value is -1.75. The molecular weight excluding hydrogens is 254 g/mol. The van der Waals surface area contributed by atoms with Crippen molar-refractivity contribution in [1.29, 1.82) is 0 Å². The number of methoxy groups -OCH3 is 2. The molecule has 0 saturated carbocycles. The van der Waals surface area contributed by atoms with Crippen molar-refractivity contribution in [2.24, 2.45) is 0 Å². The molecule has 96 valence electrons. The van der Waals surface area contributed by atoms with Gasteiger partial charge in [-0.25, -0.2) is 0 Å². The second kappa shape index (κ2) is 5.27. The Bertz CT molecular complexity index is 532. The lowest BCUT2D eigenvalue weighted by atomic mass is 10.2. The first-order chi connectivity index (χ1) is 8.69. The first-order valence-electron chi connectivity index (χ1n) is 5.52. The summed E-state index contributed by atoms with van der Waals surface area (Å²) in [5.41, 5.74) is 0.818. The Morgan fingerprint density at radius 2 is 1.72 bits per heavy atom. The zero-order chi connectivity index (χ0) is 13.1. The van der Waals surface area contributed by atoms with Crippen LogP contribution >= 0.6 is 11.6 Å². The average molecular weight is 268 g/mol. The topological polar surface area (TPSA) is 49.2 Å². The molecule has 1 heterocycles. The van der Waals surface area contributed by atoms with Crippen LogP contribution in [0, 0.1) is 0 Å².